The van der Waals surface area contributed by atoms with Crippen LogP contribution in [0.15, 0.2) is 22.7 Å². The number of hydrogen-bond acceptors (Lipinski definition) is 6. The smallest absolute Gasteiger partial charge is 0.321 e. The molecule has 2 aromatic rings. The highest BCUT2D eigenvalue weighted by Crippen LogP contribution is 2.19. The van der Waals surface area contributed by atoms with Crippen molar-refractivity contribution in [1.82, 2.24) is 25.4 Å². The molecule has 7 nitrogen and oxygen atoms in total. The molecule has 0 unspecified atom stereocenters. The Morgan fingerprint density at radius 1 is 1.36 bits per heavy atom. The van der Waals surface area contributed by atoms with E-state index in [-0.39, 0.29) is 17.7 Å². The minimum Gasteiger partial charge on any atom is -0.335 e. The van der Waals surface area contributed by atoms with Crippen LogP contribution in [-0.4, -0.2) is 38.5 Å². The van der Waals surface area contributed by atoms with Crippen molar-refractivity contribution >= 4 is 35.0 Å². The van der Waals surface area contributed by atoms with Gasteiger partial charge in [-0.1, -0.05) is 30.7 Å². The standard InChI is InChI=1S/C16H21N5O2S2/c1-21-13(9-12-7-4-8-24-12)19-20-16(21)25-10-14(22)18-15(23)17-11-5-2-3-6-11/h4,7-8,11H,2-3,5-6,9-10H2,1H3,(H2,17,18,22,23). The maximum absolute atomic E-state index is 11.9. The monoisotopic (exact) mass is 379 g/mol. The summed E-state index contributed by atoms with van der Waals surface area (Å²) in [6, 6.07) is 3.85. The Balaban J connectivity index is 1.45. The van der Waals surface area contributed by atoms with Crippen molar-refractivity contribution in [2.75, 3.05) is 5.75 Å². The molecule has 9 heteroatoms. The molecule has 0 radical (unpaired) electrons. The molecule has 0 aromatic carbocycles. The Bertz CT molecular complexity index is 723. The second-order valence-electron chi connectivity index (χ2n) is 6.01. The van der Waals surface area contributed by atoms with E-state index in [0.29, 0.717) is 5.16 Å². The maximum Gasteiger partial charge on any atom is 0.321 e. The molecule has 0 spiro atoms. The van der Waals surface area contributed by atoms with Crippen LogP contribution in [0.5, 0.6) is 0 Å². The second-order valence-corrected chi connectivity index (χ2v) is 7.98. The molecule has 2 aromatic heterocycles. The van der Waals surface area contributed by atoms with Crippen LogP contribution in [0.3, 0.4) is 0 Å². The number of urea groups is 1. The van der Waals surface area contributed by atoms with Gasteiger partial charge in [0.2, 0.25) is 5.91 Å². The highest BCUT2D eigenvalue weighted by atomic mass is 32.2. The molecule has 1 saturated carbocycles. The summed E-state index contributed by atoms with van der Waals surface area (Å²) in [5, 5.41) is 16.2. The summed E-state index contributed by atoms with van der Waals surface area (Å²) in [5.41, 5.74) is 0. The summed E-state index contributed by atoms with van der Waals surface area (Å²) < 4.78 is 1.89. The molecule has 0 atom stereocenters. The van der Waals surface area contributed by atoms with Gasteiger partial charge in [-0.05, 0) is 24.3 Å². The molecule has 1 aliphatic rings. The highest BCUT2D eigenvalue weighted by molar-refractivity contribution is 7.99. The number of thiophene rings is 1. The first kappa shape index (κ1) is 17.9. The predicted molar refractivity (Wildman–Crippen MR) is 97.8 cm³/mol. The summed E-state index contributed by atoms with van der Waals surface area (Å²) in [4.78, 5) is 24.9. The van der Waals surface area contributed by atoms with Gasteiger partial charge in [0.05, 0.1) is 5.75 Å². The van der Waals surface area contributed by atoms with Crippen molar-refractivity contribution in [2.24, 2.45) is 7.05 Å². The number of hydrogen-bond donors (Lipinski definition) is 2. The number of rotatable bonds is 6. The number of aromatic nitrogens is 3. The van der Waals surface area contributed by atoms with E-state index in [9.17, 15) is 9.59 Å². The first-order chi connectivity index (χ1) is 12.1. The lowest BCUT2D eigenvalue weighted by Gasteiger charge is -2.12. The topological polar surface area (TPSA) is 88.9 Å². The van der Waals surface area contributed by atoms with Crippen LogP contribution in [0.4, 0.5) is 4.79 Å². The number of thioether (sulfide) groups is 1. The fraction of sp³-hybridized carbons (Fsp3) is 0.500. The van der Waals surface area contributed by atoms with Gasteiger partial charge in [-0.2, -0.15) is 0 Å². The molecule has 3 rings (SSSR count). The van der Waals surface area contributed by atoms with E-state index in [1.54, 1.807) is 11.3 Å². The molecule has 2 heterocycles. The highest BCUT2D eigenvalue weighted by Gasteiger charge is 2.18. The van der Waals surface area contributed by atoms with Gasteiger partial charge < -0.3 is 9.88 Å². The fourth-order valence-corrected chi connectivity index (χ4v) is 4.21. The summed E-state index contributed by atoms with van der Waals surface area (Å²) in [5.74, 6) is 0.649. The zero-order chi connectivity index (χ0) is 17.6. The van der Waals surface area contributed by atoms with Gasteiger partial charge in [0.15, 0.2) is 5.16 Å². The van der Waals surface area contributed by atoms with Gasteiger partial charge in [0.1, 0.15) is 5.82 Å². The maximum atomic E-state index is 11.9. The number of imide groups is 1. The number of amides is 3. The minimum absolute atomic E-state index is 0.128. The van der Waals surface area contributed by atoms with Crippen molar-refractivity contribution in [3.05, 3.63) is 28.2 Å². The van der Waals surface area contributed by atoms with E-state index in [0.717, 1.165) is 37.9 Å². The molecule has 3 amide bonds. The molecule has 0 saturated heterocycles. The van der Waals surface area contributed by atoms with Crippen LogP contribution in [0.25, 0.3) is 0 Å². The third-order valence-corrected chi connectivity index (χ3v) is 6.01. The number of nitrogens with zero attached hydrogens (tertiary/aromatic N) is 3. The Kier molecular flexibility index (Phi) is 6.09. The Labute approximate surface area is 154 Å². The third-order valence-electron chi connectivity index (χ3n) is 4.11. The molecular formula is C16H21N5O2S2. The van der Waals surface area contributed by atoms with Crippen molar-refractivity contribution in [3.63, 3.8) is 0 Å². The zero-order valence-corrected chi connectivity index (χ0v) is 15.7. The molecule has 134 valence electrons. The Morgan fingerprint density at radius 2 is 2.16 bits per heavy atom. The lowest BCUT2D eigenvalue weighted by atomic mass is 10.2. The van der Waals surface area contributed by atoms with Crippen molar-refractivity contribution in [3.8, 4) is 0 Å². The fourth-order valence-electron chi connectivity index (χ4n) is 2.78. The van der Waals surface area contributed by atoms with Gasteiger partial charge in [-0.15, -0.1) is 21.5 Å². The molecular weight excluding hydrogens is 358 g/mol. The lowest BCUT2D eigenvalue weighted by molar-refractivity contribution is -0.117. The molecule has 1 fully saturated rings. The first-order valence-electron chi connectivity index (χ1n) is 8.25. The van der Waals surface area contributed by atoms with Gasteiger partial charge in [-0.3, -0.25) is 10.1 Å². The average molecular weight is 380 g/mol. The van der Waals surface area contributed by atoms with Crippen LogP contribution in [0.2, 0.25) is 0 Å². The van der Waals surface area contributed by atoms with Crippen LogP contribution in [0.1, 0.15) is 36.4 Å². The average Bonchev–Trinajstić information content (AvgIpc) is 3.31. The van der Waals surface area contributed by atoms with E-state index < -0.39 is 6.03 Å². The summed E-state index contributed by atoms with van der Waals surface area (Å²) in [7, 11) is 1.88. The van der Waals surface area contributed by atoms with E-state index in [1.807, 2.05) is 23.1 Å². The zero-order valence-electron chi connectivity index (χ0n) is 14.0. The van der Waals surface area contributed by atoms with Crippen LogP contribution < -0.4 is 10.6 Å². The summed E-state index contributed by atoms with van der Waals surface area (Å²) in [6.07, 6.45) is 4.96. The van der Waals surface area contributed by atoms with Gasteiger partial charge in [0.25, 0.3) is 0 Å². The van der Waals surface area contributed by atoms with Crippen LogP contribution in [0, 0.1) is 0 Å². The first-order valence-corrected chi connectivity index (χ1v) is 10.1. The summed E-state index contributed by atoms with van der Waals surface area (Å²) >= 11 is 2.95. The van der Waals surface area contributed by atoms with Gasteiger partial charge in [0, 0.05) is 24.4 Å². The number of carbonyl (C=O) groups excluding carboxylic acids is 2. The molecule has 25 heavy (non-hydrogen) atoms. The summed E-state index contributed by atoms with van der Waals surface area (Å²) in [6.45, 7) is 0. The van der Waals surface area contributed by atoms with Crippen molar-refractivity contribution < 1.29 is 9.59 Å². The van der Waals surface area contributed by atoms with E-state index in [1.165, 1.54) is 16.6 Å². The SMILES string of the molecule is Cn1c(Cc2cccs2)nnc1SCC(=O)NC(=O)NC1CCCC1. The molecule has 0 aliphatic heterocycles. The van der Waals surface area contributed by atoms with Crippen molar-refractivity contribution in [1.29, 1.82) is 0 Å². The van der Waals surface area contributed by atoms with Crippen LogP contribution >= 0.6 is 23.1 Å². The largest absolute Gasteiger partial charge is 0.335 e. The normalized spacial score (nSPS) is 14.6. The Morgan fingerprint density at radius 3 is 2.88 bits per heavy atom. The quantitative estimate of drug-likeness (QED) is 0.752. The van der Waals surface area contributed by atoms with E-state index in [2.05, 4.69) is 26.9 Å². The number of nitrogens with one attached hydrogen (secondary N) is 2. The van der Waals surface area contributed by atoms with Crippen molar-refractivity contribution in [2.45, 2.75) is 43.3 Å². The van der Waals surface area contributed by atoms with Gasteiger partial charge >= 0.3 is 6.03 Å². The second kappa shape index (κ2) is 8.48. The lowest BCUT2D eigenvalue weighted by Crippen LogP contribution is -2.44. The Hall–Kier alpha value is -1.87. The third kappa shape index (κ3) is 5.05. The molecule has 0 bridgehead atoms. The van der Waals surface area contributed by atoms with Crippen LogP contribution in [-0.2, 0) is 18.3 Å². The molecule has 2 N–H and O–H groups in total. The van der Waals surface area contributed by atoms with E-state index in [4.69, 9.17) is 0 Å². The number of carbonyl (C=O) groups is 2. The molecule has 1 aliphatic carbocycles. The predicted octanol–water partition coefficient (Wildman–Crippen LogP) is 2.33. The van der Waals surface area contributed by atoms with Gasteiger partial charge in [-0.25, -0.2) is 4.79 Å². The van der Waals surface area contributed by atoms with E-state index >= 15 is 0 Å². The minimum atomic E-state index is -0.408.